The molecule has 0 aliphatic rings. The lowest BCUT2D eigenvalue weighted by Gasteiger charge is -2.15. The zero-order valence-corrected chi connectivity index (χ0v) is 10.9. The van der Waals surface area contributed by atoms with Gasteiger partial charge in [-0.15, -0.1) is 11.3 Å². The molecule has 1 rings (SSSR count). The molecule has 2 N–H and O–H groups in total. The molecule has 1 aromatic rings. The van der Waals surface area contributed by atoms with Crippen LogP contribution in [-0.2, 0) is 14.8 Å². The average Bonchev–Trinajstić information content (AvgIpc) is 2.80. The standard InChI is InChI=1S/C9H14N2O4S2/c1-11(7-8(13)10-4-5-12)17(14,15)9-3-2-6-16-9/h2-3,6,12H,4-5,7H2,1H3,(H,10,13). The maximum atomic E-state index is 11.9. The van der Waals surface area contributed by atoms with Crippen molar-refractivity contribution in [2.75, 3.05) is 26.7 Å². The van der Waals surface area contributed by atoms with Crippen LogP contribution in [0.4, 0.5) is 0 Å². The van der Waals surface area contributed by atoms with E-state index in [1.54, 1.807) is 11.4 Å². The summed E-state index contributed by atoms with van der Waals surface area (Å²) in [5.74, 6) is -0.443. The molecule has 0 aliphatic carbocycles. The van der Waals surface area contributed by atoms with Gasteiger partial charge in [-0.05, 0) is 11.4 Å². The molecule has 0 saturated carbocycles. The van der Waals surface area contributed by atoms with E-state index in [9.17, 15) is 13.2 Å². The Morgan fingerprint density at radius 1 is 1.59 bits per heavy atom. The maximum absolute atomic E-state index is 11.9. The highest BCUT2D eigenvalue weighted by molar-refractivity contribution is 7.91. The number of likely N-dealkylation sites (N-methyl/N-ethyl adjacent to an activating group) is 1. The fourth-order valence-corrected chi connectivity index (χ4v) is 3.43. The quantitative estimate of drug-likeness (QED) is 0.733. The fourth-order valence-electron chi connectivity index (χ4n) is 1.10. The molecule has 8 heteroatoms. The first-order valence-corrected chi connectivity index (χ1v) is 7.18. The van der Waals surface area contributed by atoms with Crippen molar-refractivity contribution in [3.63, 3.8) is 0 Å². The second-order valence-electron chi connectivity index (χ2n) is 3.27. The Morgan fingerprint density at radius 3 is 2.82 bits per heavy atom. The number of carbonyl (C=O) groups is 1. The van der Waals surface area contributed by atoms with Gasteiger partial charge < -0.3 is 10.4 Å². The van der Waals surface area contributed by atoms with Crippen LogP contribution in [0.5, 0.6) is 0 Å². The highest BCUT2D eigenvalue weighted by Gasteiger charge is 2.23. The second kappa shape index (κ2) is 6.10. The third-order valence-corrected chi connectivity index (χ3v) is 5.14. The molecule has 1 heterocycles. The Bertz CT molecular complexity index is 455. The van der Waals surface area contributed by atoms with Crippen LogP contribution in [0.25, 0.3) is 0 Å². The van der Waals surface area contributed by atoms with E-state index in [0.717, 1.165) is 15.6 Å². The average molecular weight is 278 g/mol. The highest BCUT2D eigenvalue weighted by atomic mass is 32.2. The SMILES string of the molecule is CN(CC(=O)NCCO)S(=O)(=O)c1cccs1. The topological polar surface area (TPSA) is 86.7 Å². The van der Waals surface area contributed by atoms with E-state index >= 15 is 0 Å². The predicted octanol–water partition coefficient (Wildman–Crippen LogP) is -0.523. The normalized spacial score (nSPS) is 11.7. The molecule has 0 saturated heterocycles. The Morgan fingerprint density at radius 2 is 2.29 bits per heavy atom. The molecule has 0 aromatic carbocycles. The summed E-state index contributed by atoms with van der Waals surface area (Å²) in [6, 6.07) is 3.12. The minimum atomic E-state index is -3.59. The third-order valence-electron chi connectivity index (χ3n) is 1.96. The highest BCUT2D eigenvalue weighted by Crippen LogP contribution is 2.19. The smallest absolute Gasteiger partial charge is 0.252 e. The molecule has 0 atom stereocenters. The predicted molar refractivity (Wildman–Crippen MR) is 64.2 cm³/mol. The minimum absolute atomic E-state index is 0.117. The number of aliphatic hydroxyl groups is 1. The van der Waals surface area contributed by atoms with Gasteiger partial charge >= 0.3 is 0 Å². The molecule has 1 amide bonds. The number of rotatable bonds is 6. The van der Waals surface area contributed by atoms with Crippen molar-refractivity contribution in [2.24, 2.45) is 0 Å². The van der Waals surface area contributed by atoms with Gasteiger partial charge in [-0.2, -0.15) is 4.31 Å². The van der Waals surface area contributed by atoms with E-state index in [2.05, 4.69) is 5.32 Å². The van der Waals surface area contributed by atoms with Gasteiger partial charge in [-0.3, -0.25) is 4.79 Å². The summed E-state index contributed by atoms with van der Waals surface area (Å²) < 4.78 is 25.0. The van der Waals surface area contributed by atoms with Gasteiger partial charge in [0, 0.05) is 13.6 Å². The molecule has 0 aliphatic heterocycles. The molecule has 96 valence electrons. The molecule has 17 heavy (non-hydrogen) atoms. The summed E-state index contributed by atoms with van der Waals surface area (Å²) in [6.45, 7) is -0.320. The zero-order chi connectivity index (χ0) is 12.9. The Balaban J connectivity index is 2.64. The third kappa shape index (κ3) is 3.77. The van der Waals surface area contributed by atoms with Crippen LogP contribution in [0.3, 0.4) is 0 Å². The summed E-state index contributed by atoms with van der Waals surface area (Å²) in [5.41, 5.74) is 0. The monoisotopic (exact) mass is 278 g/mol. The number of carbonyl (C=O) groups excluding carboxylic acids is 1. The molecule has 0 bridgehead atoms. The number of thiophene rings is 1. The lowest BCUT2D eigenvalue weighted by molar-refractivity contribution is -0.121. The van der Waals surface area contributed by atoms with Crippen molar-refractivity contribution in [1.29, 1.82) is 0 Å². The Labute approximate surface area is 104 Å². The van der Waals surface area contributed by atoms with E-state index < -0.39 is 15.9 Å². The summed E-state index contributed by atoms with van der Waals surface area (Å²) >= 11 is 1.10. The van der Waals surface area contributed by atoms with Gasteiger partial charge in [0.05, 0.1) is 13.2 Å². The summed E-state index contributed by atoms with van der Waals surface area (Å²) in [7, 11) is -2.25. The fraction of sp³-hybridized carbons (Fsp3) is 0.444. The number of amides is 1. The van der Waals surface area contributed by atoms with Crippen LogP contribution >= 0.6 is 11.3 Å². The maximum Gasteiger partial charge on any atom is 0.252 e. The molecule has 6 nitrogen and oxygen atoms in total. The summed E-state index contributed by atoms with van der Waals surface area (Å²) in [4.78, 5) is 11.3. The first kappa shape index (κ1) is 14.1. The molecular weight excluding hydrogens is 264 g/mol. The lowest BCUT2D eigenvalue weighted by Crippen LogP contribution is -2.39. The number of hydrogen-bond donors (Lipinski definition) is 2. The van der Waals surface area contributed by atoms with E-state index in [-0.39, 0.29) is 23.9 Å². The second-order valence-corrected chi connectivity index (χ2v) is 6.49. The number of nitrogens with one attached hydrogen (secondary N) is 1. The van der Waals surface area contributed by atoms with Gasteiger partial charge in [0.1, 0.15) is 4.21 Å². The van der Waals surface area contributed by atoms with Gasteiger partial charge in [0.2, 0.25) is 5.91 Å². The lowest BCUT2D eigenvalue weighted by atomic mass is 10.5. The number of sulfonamides is 1. The van der Waals surface area contributed by atoms with E-state index in [0.29, 0.717) is 0 Å². The van der Waals surface area contributed by atoms with Crippen molar-refractivity contribution in [1.82, 2.24) is 9.62 Å². The van der Waals surface area contributed by atoms with Crippen molar-refractivity contribution < 1.29 is 18.3 Å². The van der Waals surface area contributed by atoms with Crippen LogP contribution in [0.2, 0.25) is 0 Å². The number of hydrogen-bond acceptors (Lipinski definition) is 5. The summed E-state index contributed by atoms with van der Waals surface area (Å²) in [5, 5.41) is 12.6. The van der Waals surface area contributed by atoms with Crippen LogP contribution in [0.1, 0.15) is 0 Å². The Kier molecular flexibility index (Phi) is 5.06. The molecule has 1 aromatic heterocycles. The van der Waals surface area contributed by atoms with Crippen molar-refractivity contribution in [3.05, 3.63) is 17.5 Å². The van der Waals surface area contributed by atoms with Crippen LogP contribution in [0.15, 0.2) is 21.7 Å². The first-order chi connectivity index (χ1) is 7.98. The van der Waals surface area contributed by atoms with E-state index in [4.69, 9.17) is 5.11 Å². The Hall–Kier alpha value is -0.960. The van der Waals surface area contributed by atoms with Crippen LogP contribution in [0, 0.1) is 0 Å². The van der Waals surface area contributed by atoms with E-state index in [1.165, 1.54) is 13.1 Å². The first-order valence-electron chi connectivity index (χ1n) is 4.86. The molecule has 0 fully saturated rings. The van der Waals surface area contributed by atoms with Gasteiger partial charge in [-0.1, -0.05) is 6.07 Å². The van der Waals surface area contributed by atoms with E-state index in [1.807, 2.05) is 0 Å². The minimum Gasteiger partial charge on any atom is -0.395 e. The number of aliphatic hydroxyl groups excluding tert-OH is 1. The summed E-state index contributed by atoms with van der Waals surface area (Å²) in [6.07, 6.45) is 0. The van der Waals surface area contributed by atoms with Crippen molar-refractivity contribution in [2.45, 2.75) is 4.21 Å². The number of nitrogens with zero attached hydrogens (tertiary/aromatic N) is 1. The van der Waals surface area contributed by atoms with Gasteiger partial charge in [-0.25, -0.2) is 8.42 Å². The van der Waals surface area contributed by atoms with Crippen molar-refractivity contribution >= 4 is 27.3 Å². The van der Waals surface area contributed by atoms with Gasteiger partial charge in [0.25, 0.3) is 10.0 Å². The largest absolute Gasteiger partial charge is 0.395 e. The van der Waals surface area contributed by atoms with Crippen LogP contribution < -0.4 is 5.32 Å². The zero-order valence-electron chi connectivity index (χ0n) is 9.29. The van der Waals surface area contributed by atoms with Gasteiger partial charge in [0.15, 0.2) is 0 Å². The molecule has 0 spiro atoms. The van der Waals surface area contributed by atoms with Crippen LogP contribution in [-0.4, -0.2) is 50.5 Å². The van der Waals surface area contributed by atoms with Crippen molar-refractivity contribution in [3.8, 4) is 0 Å². The molecular formula is C9H14N2O4S2. The molecule has 0 unspecified atom stereocenters. The molecule has 0 radical (unpaired) electrons.